The molecular weight excluding hydrogens is 386 g/mol. The van der Waals surface area contributed by atoms with Crippen LogP contribution in [0, 0.1) is 0 Å². The van der Waals surface area contributed by atoms with Gasteiger partial charge in [0.25, 0.3) is 5.91 Å². The van der Waals surface area contributed by atoms with E-state index in [1.165, 1.54) is 0 Å². The fraction of sp³-hybridized carbons (Fsp3) is 0.409. The summed E-state index contributed by atoms with van der Waals surface area (Å²) in [5, 5.41) is 8.17. The van der Waals surface area contributed by atoms with Crippen LogP contribution in [0.5, 0.6) is 0 Å². The monoisotopic (exact) mass is 413 g/mol. The summed E-state index contributed by atoms with van der Waals surface area (Å²) in [4.78, 5) is 19.6. The summed E-state index contributed by atoms with van der Waals surface area (Å²) in [7, 11) is 0. The number of aromatic nitrogens is 3. The molecule has 1 N–H and O–H groups in total. The van der Waals surface area contributed by atoms with Crippen LogP contribution in [0.4, 0.5) is 0 Å². The topological polar surface area (TPSA) is 62.5 Å². The lowest BCUT2D eigenvalue weighted by molar-refractivity contribution is 0.0938. The minimum atomic E-state index is -0.143. The molecule has 1 aromatic carbocycles. The van der Waals surface area contributed by atoms with E-state index in [9.17, 15) is 4.79 Å². The molecule has 1 unspecified atom stereocenters. The molecule has 154 valence electrons. The molecule has 0 bridgehead atoms. The van der Waals surface area contributed by atoms with Crippen molar-refractivity contribution in [2.75, 3.05) is 19.6 Å². The molecule has 2 heterocycles. The number of carbonyl (C=O) groups is 1. The molecule has 3 rings (SSSR count). The molecule has 2 aromatic heterocycles. The van der Waals surface area contributed by atoms with E-state index in [0.717, 1.165) is 43.7 Å². The number of fused-ring (bicyclic) bond motifs is 1. The predicted octanol–water partition coefficient (Wildman–Crippen LogP) is 4.29. The lowest BCUT2D eigenvalue weighted by Crippen LogP contribution is -2.33. The van der Waals surface area contributed by atoms with Gasteiger partial charge in [0.1, 0.15) is 5.56 Å². The Kier molecular flexibility index (Phi) is 7.23. The Morgan fingerprint density at radius 1 is 1.21 bits per heavy atom. The number of hydrogen-bond donors (Lipinski definition) is 1. The van der Waals surface area contributed by atoms with Crippen molar-refractivity contribution in [2.24, 2.45) is 0 Å². The van der Waals surface area contributed by atoms with Crippen molar-refractivity contribution in [3.05, 3.63) is 53.3 Å². The third-order valence-corrected chi connectivity index (χ3v) is 5.42. The van der Waals surface area contributed by atoms with Gasteiger partial charge in [0.15, 0.2) is 5.65 Å². The van der Waals surface area contributed by atoms with Crippen molar-refractivity contribution < 1.29 is 4.79 Å². The maximum atomic E-state index is 12.8. The second kappa shape index (κ2) is 9.85. The summed E-state index contributed by atoms with van der Waals surface area (Å²) >= 11 is 5.99. The van der Waals surface area contributed by atoms with Crippen LogP contribution in [-0.2, 0) is 0 Å². The van der Waals surface area contributed by atoms with Gasteiger partial charge in [0.05, 0.1) is 11.9 Å². The fourth-order valence-electron chi connectivity index (χ4n) is 3.43. The number of nitrogens with zero attached hydrogens (tertiary/aromatic N) is 4. The van der Waals surface area contributed by atoms with Gasteiger partial charge in [0.2, 0.25) is 0 Å². The van der Waals surface area contributed by atoms with Crippen LogP contribution in [0.2, 0.25) is 5.02 Å². The third kappa shape index (κ3) is 5.14. The third-order valence-electron chi connectivity index (χ3n) is 5.17. The van der Waals surface area contributed by atoms with Crippen LogP contribution in [0.15, 0.2) is 42.7 Å². The first-order valence-electron chi connectivity index (χ1n) is 10.1. The SMILES string of the molecule is CCN(CC)CCCC(C)NC(=O)c1cnn2c(-c3ccc(Cl)cc3)ccnc12. The molecule has 0 radical (unpaired) electrons. The van der Waals surface area contributed by atoms with E-state index in [1.54, 1.807) is 16.9 Å². The van der Waals surface area contributed by atoms with E-state index in [0.29, 0.717) is 16.2 Å². The molecular formula is C22H28ClN5O. The summed E-state index contributed by atoms with van der Waals surface area (Å²) in [6.45, 7) is 9.55. The van der Waals surface area contributed by atoms with Gasteiger partial charge in [0, 0.05) is 22.8 Å². The van der Waals surface area contributed by atoms with E-state index in [-0.39, 0.29) is 11.9 Å². The van der Waals surface area contributed by atoms with Crippen LogP contribution in [0.1, 0.15) is 44.0 Å². The number of hydrogen-bond acceptors (Lipinski definition) is 4. The maximum Gasteiger partial charge on any atom is 0.256 e. The van der Waals surface area contributed by atoms with Crippen LogP contribution in [-0.4, -0.2) is 51.1 Å². The highest BCUT2D eigenvalue weighted by Crippen LogP contribution is 2.22. The average Bonchev–Trinajstić information content (AvgIpc) is 3.16. The van der Waals surface area contributed by atoms with Gasteiger partial charge in [-0.25, -0.2) is 9.50 Å². The first-order chi connectivity index (χ1) is 14.0. The van der Waals surface area contributed by atoms with E-state index in [2.05, 4.69) is 34.1 Å². The second-order valence-electron chi connectivity index (χ2n) is 7.17. The molecule has 3 aromatic rings. The number of benzene rings is 1. The lowest BCUT2D eigenvalue weighted by atomic mass is 10.1. The zero-order valence-electron chi connectivity index (χ0n) is 17.2. The van der Waals surface area contributed by atoms with E-state index >= 15 is 0 Å². The molecule has 1 atom stereocenters. The average molecular weight is 414 g/mol. The summed E-state index contributed by atoms with van der Waals surface area (Å²) in [5.74, 6) is -0.143. The Hall–Kier alpha value is -2.44. The van der Waals surface area contributed by atoms with Gasteiger partial charge in [-0.1, -0.05) is 37.6 Å². The molecule has 1 amide bonds. The first kappa shape index (κ1) is 21.3. The standard InChI is InChI=1S/C22H28ClN5O/c1-4-27(5-2)14-6-7-16(3)26-22(29)19-15-25-28-20(12-13-24-21(19)28)17-8-10-18(23)11-9-17/h8-13,15-16H,4-7,14H2,1-3H3,(H,26,29). The van der Waals surface area contributed by atoms with Gasteiger partial charge in [-0.05, 0) is 57.6 Å². The highest BCUT2D eigenvalue weighted by atomic mass is 35.5. The molecule has 7 heteroatoms. The molecule has 6 nitrogen and oxygen atoms in total. The highest BCUT2D eigenvalue weighted by molar-refractivity contribution is 6.30. The first-order valence-corrected chi connectivity index (χ1v) is 10.5. The van der Waals surface area contributed by atoms with Gasteiger partial charge in [-0.2, -0.15) is 5.10 Å². The van der Waals surface area contributed by atoms with Gasteiger partial charge in [-0.15, -0.1) is 0 Å². The van der Waals surface area contributed by atoms with Crippen LogP contribution < -0.4 is 5.32 Å². The quantitative estimate of drug-likeness (QED) is 0.568. The Balaban J connectivity index is 1.71. The van der Waals surface area contributed by atoms with Crippen molar-refractivity contribution in [3.63, 3.8) is 0 Å². The van der Waals surface area contributed by atoms with Crippen molar-refractivity contribution in [2.45, 2.75) is 39.7 Å². The largest absolute Gasteiger partial charge is 0.349 e. The molecule has 0 aliphatic heterocycles. The molecule has 0 saturated heterocycles. The Bertz CT molecular complexity index is 949. The van der Waals surface area contributed by atoms with Crippen molar-refractivity contribution in [1.82, 2.24) is 24.8 Å². The lowest BCUT2D eigenvalue weighted by Gasteiger charge is -2.19. The number of amides is 1. The predicted molar refractivity (Wildman–Crippen MR) is 117 cm³/mol. The number of rotatable bonds is 9. The van der Waals surface area contributed by atoms with E-state index in [1.807, 2.05) is 37.3 Å². The molecule has 0 aliphatic carbocycles. The Morgan fingerprint density at radius 3 is 2.62 bits per heavy atom. The van der Waals surface area contributed by atoms with Crippen molar-refractivity contribution in [1.29, 1.82) is 0 Å². The van der Waals surface area contributed by atoms with Gasteiger partial charge >= 0.3 is 0 Å². The minimum absolute atomic E-state index is 0.0902. The maximum absolute atomic E-state index is 12.8. The van der Waals surface area contributed by atoms with Crippen LogP contribution >= 0.6 is 11.6 Å². The number of carbonyl (C=O) groups excluding carboxylic acids is 1. The molecule has 0 fully saturated rings. The minimum Gasteiger partial charge on any atom is -0.349 e. The smallest absolute Gasteiger partial charge is 0.256 e. The molecule has 29 heavy (non-hydrogen) atoms. The van der Waals surface area contributed by atoms with Crippen LogP contribution in [0.25, 0.3) is 16.9 Å². The summed E-state index contributed by atoms with van der Waals surface area (Å²) in [5.41, 5.74) is 2.85. The molecule has 0 aliphatic rings. The molecule has 0 spiro atoms. The van der Waals surface area contributed by atoms with Crippen molar-refractivity contribution in [3.8, 4) is 11.3 Å². The van der Waals surface area contributed by atoms with E-state index in [4.69, 9.17) is 11.6 Å². The zero-order chi connectivity index (χ0) is 20.8. The number of nitrogens with one attached hydrogen (secondary N) is 1. The zero-order valence-corrected chi connectivity index (χ0v) is 18.0. The Labute approximate surface area is 176 Å². The van der Waals surface area contributed by atoms with Gasteiger partial charge in [-0.3, -0.25) is 4.79 Å². The summed E-state index contributed by atoms with van der Waals surface area (Å²) in [6.07, 6.45) is 5.27. The second-order valence-corrected chi connectivity index (χ2v) is 7.61. The summed E-state index contributed by atoms with van der Waals surface area (Å²) < 4.78 is 1.70. The number of halogens is 1. The Morgan fingerprint density at radius 2 is 1.93 bits per heavy atom. The summed E-state index contributed by atoms with van der Waals surface area (Å²) in [6, 6.07) is 9.49. The van der Waals surface area contributed by atoms with Crippen molar-refractivity contribution >= 4 is 23.2 Å². The van der Waals surface area contributed by atoms with E-state index < -0.39 is 0 Å². The highest BCUT2D eigenvalue weighted by Gasteiger charge is 2.18. The normalized spacial score (nSPS) is 12.4. The molecule has 0 saturated carbocycles. The van der Waals surface area contributed by atoms with Crippen LogP contribution in [0.3, 0.4) is 0 Å². The van der Waals surface area contributed by atoms with Gasteiger partial charge < -0.3 is 10.2 Å². The fourth-order valence-corrected chi connectivity index (χ4v) is 3.55.